The molecule has 0 aliphatic rings. The Balaban J connectivity index is 2.77. The summed E-state index contributed by atoms with van der Waals surface area (Å²) >= 11 is 1.80. The van der Waals surface area contributed by atoms with Gasteiger partial charge in [0.15, 0.2) is 5.84 Å². The Kier molecular flexibility index (Phi) is 4.96. The first-order valence-corrected chi connectivity index (χ1v) is 6.61. The van der Waals surface area contributed by atoms with Crippen LogP contribution in [0.4, 0.5) is 0 Å². The molecule has 17 heavy (non-hydrogen) atoms. The molecule has 2 unspecified atom stereocenters. The molecule has 2 atom stereocenters. The van der Waals surface area contributed by atoms with Crippen LogP contribution in [-0.4, -0.2) is 17.1 Å². The van der Waals surface area contributed by atoms with Crippen LogP contribution >= 0.6 is 11.3 Å². The number of hydrogen-bond donors (Lipinski definition) is 3. The maximum Gasteiger partial charge on any atom is 0.156 e. The Labute approximate surface area is 107 Å². The van der Waals surface area contributed by atoms with Gasteiger partial charge in [0.05, 0.1) is 6.04 Å². The molecule has 0 bridgehead atoms. The van der Waals surface area contributed by atoms with Crippen LogP contribution in [0.25, 0.3) is 0 Å². The van der Waals surface area contributed by atoms with Crippen LogP contribution in [0.2, 0.25) is 0 Å². The molecule has 0 fully saturated rings. The van der Waals surface area contributed by atoms with Gasteiger partial charge in [-0.1, -0.05) is 12.1 Å². The summed E-state index contributed by atoms with van der Waals surface area (Å²) in [6.07, 6.45) is 0.794. The molecular weight excluding hydrogens is 234 g/mol. The second-order valence-electron chi connectivity index (χ2n) is 4.24. The number of nitrogens with two attached hydrogens (primary N) is 1. The van der Waals surface area contributed by atoms with Crippen molar-refractivity contribution in [3.8, 4) is 0 Å². The minimum absolute atomic E-state index is 0.0883. The molecule has 0 aliphatic heterocycles. The standard InChI is InChI=1S/C12H21N3OS/c1-5-11(12(13)15-16)14-8(3)10-6-7(2)17-9(10)4/h6,8,11,14,16H,5H2,1-4H3,(H2,13,15). The second kappa shape index (κ2) is 6.02. The summed E-state index contributed by atoms with van der Waals surface area (Å²) in [5, 5.41) is 15.2. The van der Waals surface area contributed by atoms with Gasteiger partial charge in [-0.2, -0.15) is 0 Å². The topological polar surface area (TPSA) is 70.6 Å². The molecule has 0 radical (unpaired) electrons. The van der Waals surface area contributed by atoms with Crippen LogP contribution in [0, 0.1) is 13.8 Å². The highest BCUT2D eigenvalue weighted by molar-refractivity contribution is 7.12. The number of oxime groups is 1. The average Bonchev–Trinajstić information content (AvgIpc) is 2.64. The fourth-order valence-corrected chi connectivity index (χ4v) is 2.98. The van der Waals surface area contributed by atoms with Crippen LogP contribution in [-0.2, 0) is 0 Å². The fraction of sp³-hybridized carbons (Fsp3) is 0.583. The van der Waals surface area contributed by atoms with Gasteiger partial charge in [-0.3, -0.25) is 0 Å². The molecule has 5 heteroatoms. The third-order valence-electron chi connectivity index (χ3n) is 2.88. The summed E-state index contributed by atoms with van der Waals surface area (Å²) in [4.78, 5) is 2.62. The zero-order valence-electron chi connectivity index (χ0n) is 10.8. The normalized spacial score (nSPS) is 15.9. The summed E-state index contributed by atoms with van der Waals surface area (Å²) in [5.74, 6) is 0.240. The van der Waals surface area contributed by atoms with Crippen molar-refractivity contribution in [3.05, 3.63) is 21.4 Å². The van der Waals surface area contributed by atoms with E-state index in [9.17, 15) is 0 Å². The predicted molar refractivity (Wildman–Crippen MR) is 72.8 cm³/mol. The molecule has 0 spiro atoms. The molecule has 1 aromatic rings. The van der Waals surface area contributed by atoms with Crippen molar-refractivity contribution in [2.45, 2.75) is 46.2 Å². The zero-order valence-corrected chi connectivity index (χ0v) is 11.6. The summed E-state index contributed by atoms with van der Waals surface area (Å²) < 4.78 is 0. The van der Waals surface area contributed by atoms with E-state index in [1.54, 1.807) is 11.3 Å². The molecule has 4 N–H and O–H groups in total. The van der Waals surface area contributed by atoms with Gasteiger partial charge < -0.3 is 16.3 Å². The van der Waals surface area contributed by atoms with Gasteiger partial charge in [0.25, 0.3) is 0 Å². The van der Waals surface area contributed by atoms with Crippen LogP contribution in [0.1, 0.15) is 41.6 Å². The van der Waals surface area contributed by atoms with E-state index in [0.29, 0.717) is 0 Å². The lowest BCUT2D eigenvalue weighted by Gasteiger charge is -2.21. The Hall–Kier alpha value is -1.07. The van der Waals surface area contributed by atoms with Gasteiger partial charge >= 0.3 is 0 Å². The van der Waals surface area contributed by atoms with Gasteiger partial charge in [0.1, 0.15) is 0 Å². The summed E-state index contributed by atoms with van der Waals surface area (Å²) in [6, 6.07) is 2.30. The Morgan fingerprint density at radius 1 is 1.59 bits per heavy atom. The molecule has 96 valence electrons. The number of aryl methyl sites for hydroxylation is 2. The monoisotopic (exact) mass is 255 g/mol. The van der Waals surface area contributed by atoms with Crippen molar-refractivity contribution in [1.29, 1.82) is 0 Å². The van der Waals surface area contributed by atoms with Crippen LogP contribution in [0.15, 0.2) is 11.2 Å². The van der Waals surface area contributed by atoms with Crippen molar-refractivity contribution in [2.75, 3.05) is 0 Å². The Morgan fingerprint density at radius 2 is 2.24 bits per heavy atom. The molecule has 0 aliphatic carbocycles. The molecule has 1 rings (SSSR count). The molecule has 0 amide bonds. The largest absolute Gasteiger partial charge is 0.409 e. The van der Waals surface area contributed by atoms with E-state index in [1.165, 1.54) is 15.3 Å². The van der Waals surface area contributed by atoms with Crippen LogP contribution in [0.3, 0.4) is 0 Å². The second-order valence-corrected chi connectivity index (χ2v) is 5.70. The number of amidine groups is 1. The third-order valence-corrected chi connectivity index (χ3v) is 3.86. The van der Waals surface area contributed by atoms with E-state index >= 15 is 0 Å². The number of nitrogens with zero attached hydrogens (tertiary/aromatic N) is 1. The van der Waals surface area contributed by atoms with E-state index in [4.69, 9.17) is 10.9 Å². The first-order chi connectivity index (χ1) is 7.99. The van der Waals surface area contributed by atoms with Crippen molar-refractivity contribution >= 4 is 17.2 Å². The van der Waals surface area contributed by atoms with E-state index in [2.05, 4.69) is 37.3 Å². The molecule has 0 aromatic carbocycles. The number of thiophene rings is 1. The zero-order chi connectivity index (χ0) is 13.0. The van der Waals surface area contributed by atoms with E-state index < -0.39 is 0 Å². The molecule has 4 nitrogen and oxygen atoms in total. The quantitative estimate of drug-likeness (QED) is 0.328. The number of rotatable bonds is 5. The molecular formula is C12H21N3OS. The first kappa shape index (κ1) is 14.0. The van der Waals surface area contributed by atoms with Crippen molar-refractivity contribution in [3.63, 3.8) is 0 Å². The van der Waals surface area contributed by atoms with Crippen LogP contribution in [0.5, 0.6) is 0 Å². The molecule has 0 saturated carbocycles. The average molecular weight is 255 g/mol. The molecule has 1 aromatic heterocycles. The number of hydrogen-bond acceptors (Lipinski definition) is 4. The van der Waals surface area contributed by atoms with Crippen LogP contribution < -0.4 is 11.1 Å². The summed E-state index contributed by atoms with van der Waals surface area (Å²) in [7, 11) is 0. The fourth-order valence-electron chi connectivity index (χ4n) is 1.95. The third kappa shape index (κ3) is 3.44. The molecule has 1 heterocycles. The number of nitrogens with one attached hydrogen (secondary N) is 1. The summed E-state index contributed by atoms with van der Waals surface area (Å²) in [5.41, 5.74) is 6.93. The lowest BCUT2D eigenvalue weighted by Crippen LogP contribution is -2.42. The Morgan fingerprint density at radius 3 is 2.65 bits per heavy atom. The maximum atomic E-state index is 8.70. The van der Waals surface area contributed by atoms with Crippen molar-refractivity contribution in [1.82, 2.24) is 5.32 Å². The highest BCUT2D eigenvalue weighted by Crippen LogP contribution is 2.26. The first-order valence-electron chi connectivity index (χ1n) is 5.80. The summed E-state index contributed by atoms with van der Waals surface area (Å²) in [6.45, 7) is 8.33. The van der Waals surface area contributed by atoms with Gasteiger partial charge in [-0.25, -0.2) is 0 Å². The SMILES string of the molecule is CCC(NC(C)c1cc(C)sc1C)C(N)=NO. The lowest BCUT2D eigenvalue weighted by molar-refractivity contribution is 0.313. The predicted octanol–water partition coefficient (Wildman–Crippen LogP) is 2.54. The van der Waals surface area contributed by atoms with Gasteiger partial charge in [-0.05, 0) is 38.8 Å². The van der Waals surface area contributed by atoms with E-state index in [1.807, 2.05) is 6.92 Å². The van der Waals surface area contributed by atoms with Crippen molar-refractivity contribution in [2.24, 2.45) is 10.9 Å². The lowest BCUT2D eigenvalue weighted by atomic mass is 10.1. The highest BCUT2D eigenvalue weighted by atomic mass is 32.1. The maximum absolute atomic E-state index is 8.70. The van der Waals surface area contributed by atoms with Gasteiger partial charge in [-0.15, -0.1) is 11.3 Å². The van der Waals surface area contributed by atoms with E-state index in [-0.39, 0.29) is 17.9 Å². The Bertz CT molecular complexity index is 400. The van der Waals surface area contributed by atoms with Crippen molar-refractivity contribution < 1.29 is 5.21 Å². The smallest absolute Gasteiger partial charge is 0.156 e. The van der Waals surface area contributed by atoms with Gasteiger partial charge in [0.2, 0.25) is 0 Å². The minimum Gasteiger partial charge on any atom is -0.409 e. The van der Waals surface area contributed by atoms with Gasteiger partial charge in [0, 0.05) is 15.8 Å². The molecule has 0 saturated heterocycles. The minimum atomic E-state index is -0.0883. The van der Waals surface area contributed by atoms with E-state index in [0.717, 1.165) is 6.42 Å². The highest BCUT2D eigenvalue weighted by Gasteiger charge is 2.17.